The van der Waals surface area contributed by atoms with Crippen LogP contribution in [0, 0.1) is 5.92 Å². The Morgan fingerprint density at radius 2 is 1.94 bits per heavy atom. The number of alkyl halides is 3. The van der Waals surface area contributed by atoms with E-state index < -0.39 is 12.7 Å². The predicted octanol–water partition coefficient (Wildman–Crippen LogP) is 2.18. The number of hydrogen-bond donors (Lipinski definition) is 1. The fourth-order valence-corrected chi connectivity index (χ4v) is 2.16. The summed E-state index contributed by atoms with van der Waals surface area (Å²) in [5, 5.41) is 3.10. The Balaban J connectivity index is 2.76. The summed E-state index contributed by atoms with van der Waals surface area (Å²) in [7, 11) is 0. The third-order valence-corrected chi connectivity index (χ3v) is 3.42. The molecule has 1 fully saturated rings. The first-order valence-electron chi connectivity index (χ1n) is 6.43. The molecule has 1 rings (SSSR count). The van der Waals surface area contributed by atoms with Gasteiger partial charge in [-0.2, -0.15) is 13.2 Å². The molecule has 1 unspecified atom stereocenters. The summed E-state index contributed by atoms with van der Waals surface area (Å²) in [6.07, 6.45) is -2.57. The molecule has 0 spiro atoms. The lowest BCUT2D eigenvalue weighted by Crippen LogP contribution is -2.51. The molecule has 1 saturated heterocycles. The van der Waals surface area contributed by atoms with Crippen molar-refractivity contribution in [3.8, 4) is 0 Å². The summed E-state index contributed by atoms with van der Waals surface area (Å²) in [6.45, 7) is 3.73. The van der Waals surface area contributed by atoms with Crippen LogP contribution in [-0.2, 0) is 4.79 Å². The highest BCUT2D eigenvalue weighted by molar-refractivity contribution is 5.78. The van der Waals surface area contributed by atoms with Crippen LogP contribution in [0.25, 0.3) is 0 Å². The summed E-state index contributed by atoms with van der Waals surface area (Å²) in [5.41, 5.74) is 0. The maximum atomic E-state index is 12.6. The summed E-state index contributed by atoms with van der Waals surface area (Å²) in [6, 6.07) is -0.283. The third kappa shape index (κ3) is 4.48. The lowest BCUT2D eigenvalue weighted by molar-refractivity contribution is -0.169. The zero-order valence-electron chi connectivity index (χ0n) is 10.9. The van der Waals surface area contributed by atoms with E-state index in [2.05, 4.69) is 5.32 Å². The molecule has 18 heavy (non-hydrogen) atoms. The van der Waals surface area contributed by atoms with Crippen LogP contribution in [0.3, 0.4) is 0 Å². The largest absolute Gasteiger partial charge is 0.406 e. The van der Waals surface area contributed by atoms with Crippen molar-refractivity contribution in [3.63, 3.8) is 0 Å². The van der Waals surface area contributed by atoms with Crippen LogP contribution in [0.4, 0.5) is 13.2 Å². The van der Waals surface area contributed by atoms with Gasteiger partial charge in [0.2, 0.25) is 5.91 Å². The van der Waals surface area contributed by atoms with Crippen LogP contribution >= 0.6 is 0 Å². The third-order valence-electron chi connectivity index (χ3n) is 3.42. The molecule has 3 nitrogen and oxygen atoms in total. The molecule has 0 aromatic heterocycles. The van der Waals surface area contributed by atoms with Crippen molar-refractivity contribution >= 4 is 5.91 Å². The first kappa shape index (κ1) is 15.3. The molecule has 0 aromatic rings. The minimum atomic E-state index is -4.33. The topological polar surface area (TPSA) is 32.3 Å². The van der Waals surface area contributed by atoms with E-state index in [1.807, 2.05) is 6.92 Å². The fraction of sp³-hybridized carbons (Fsp3) is 0.917. The van der Waals surface area contributed by atoms with E-state index in [0.717, 1.165) is 4.90 Å². The van der Waals surface area contributed by atoms with Crippen molar-refractivity contribution in [2.24, 2.45) is 5.92 Å². The number of amides is 1. The van der Waals surface area contributed by atoms with Gasteiger partial charge in [0, 0.05) is 12.0 Å². The van der Waals surface area contributed by atoms with E-state index in [1.54, 1.807) is 6.92 Å². The molecule has 0 radical (unpaired) electrons. The lowest BCUT2D eigenvalue weighted by Gasteiger charge is -2.36. The van der Waals surface area contributed by atoms with Crippen LogP contribution in [-0.4, -0.2) is 42.7 Å². The van der Waals surface area contributed by atoms with Gasteiger partial charge in [0.05, 0.1) is 0 Å². The Hall–Kier alpha value is -0.780. The van der Waals surface area contributed by atoms with Crippen molar-refractivity contribution in [2.75, 3.05) is 19.6 Å². The standard InChI is InChI=1S/C12H21F3N2O/c1-3-9(2)11(18)17(8-12(13,14)15)10-4-6-16-7-5-10/h9-10,16H,3-8H2,1-2H3. The molecule has 1 heterocycles. The Kier molecular flexibility index (Phi) is 5.44. The molecule has 1 aliphatic rings. The zero-order valence-corrected chi connectivity index (χ0v) is 10.9. The summed E-state index contributed by atoms with van der Waals surface area (Å²) >= 11 is 0. The molecular weight excluding hydrogens is 245 g/mol. The molecule has 0 aliphatic carbocycles. The smallest absolute Gasteiger partial charge is 0.330 e. The normalized spacial score (nSPS) is 19.6. The zero-order chi connectivity index (χ0) is 13.8. The highest BCUT2D eigenvalue weighted by Gasteiger charge is 2.37. The van der Waals surface area contributed by atoms with Crippen LogP contribution in [0.5, 0.6) is 0 Å². The van der Waals surface area contributed by atoms with E-state index in [4.69, 9.17) is 0 Å². The van der Waals surface area contributed by atoms with E-state index in [-0.39, 0.29) is 17.9 Å². The molecular formula is C12H21F3N2O. The van der Waals surface area contributed by atoms with Crippen LogP contribution in [0.15, 0.2) is 0 Å². The Bertz CT molecular complexity index is 275. The van der Waals surface area contributed by atoms with Crippen molar-refractivity contribution in [1.82, 2.24) is 10.2 Å². The van der Waals surface area contributed by atoms with Gasteiger partial charge < -0.3 is 10.2 Å². The monoisotopic (exact) mass is 266 g/mol. The van der Waals surface area contributed by atoms with E-state index >= 15 is 0 Å². The van der Waals surface area contributed by atoms with Gasteiger partial charge in [0.15, 0.2) is 0 Å². The molecule has 0 bridgehead atoms. The minimum absolute atomic E-state index is 0.283. The van der Waals surface area contributed by atoms with E-state index in [9.17, 15) is 18.0 Å². The molecule has 1 N–H and O–H groups in total. The second kappa shape index (κ2) is 6.41. The number of carbonyl (C=O) groups is 1. The molecule has 6 heteroatoms. The van der Waals surface area contributed by atoms with Crippen LogP contribution < -0.4 is 5.32 Å². The first-order valence-corrected chi connectivity index (χ1v) is 6.43. The van der Waals surface area contributed by atoms with Gasteiger partial charge in [0.25, 0.3) is 0 Å². The molecule has 1 amide bonds. The highest BCUT2D eigenvalue weighted by Crippen LogP contribution is 2.23. The minimum Gasteiger partial charge on any atom is -0.330 e. The van der Waals surface area contributed by atoms with Crippen molar-refractivity contribution in [2.45, 2.75) is 45.3 Å². The number of nitrogens with zero attached hydrogens (tertiary/aromatic N) is 1. The second-order valence-corrected chi connectivity index (χ2v) is 4.87. The van der Waals surface area contributed by atoms with Gasteiger partial charge in [-0.1, -0.05) is 13.8 Å². The van der Waals surface area contributed by atoms with Gasteiger partial charge in [-0.05, 0) is 32.4 Å². The predicted molar refractivity (Wildman–Crippen MR) is 63.1 cm³/mol. The lowest BCUT2D eigenvalue weighted by atomic mass is 10.0. The van der Waals surface area contributed by atoms with Crippen LogP contribution in [0.2, 0.25) is 0 Å². The van der Waals surface area contributed by atoms with E-state index in [1.165, 1.54) is 0 Å². The van der Waals surface area contributed by atoms with Gasteiger partial charge in [-0.3, -0.25) is 4.79 Å². The molecule has 1 aliphatic heterocycles. The van der Waals surface area contributed by atoms with Crippen molar-refractivity contribution < 1.29 is 18.0 Å². The average molecular weight is 266 g/mol. The number of carbonyl (C=O) groups excluding carboxylic acids is 1. The SMILES string of the molecule is CCC(C)C(=O)N(CC(F)(F)F)C1CCNCC1. The number of rotatable bonds is 4. The molecule has 106 valence electrons. The summed E-state index contributed by atoms with van der Waals surface area (Å²) in [4.78, 5) is 13.1. The van der Waals surface area contributed by atoms with E-state index in [0.29, 0.717) is 32.4 Å². The van der Waals surface area contributed by atoms with Crippen molar-refractivity contribution in [3.05, 3.63) is 0 Å². The number of halogens is 3. The summed E-state index contributed by atoms with van der Waals surface area (Å²) < 4.78 is 37.7. The van der Waals surface area contributed by atoms with Crippen molar-refractivity contribution in [1.29, 1.82) is 0 Å². The highest BCUT2D eigenvalue weighted by atomic mass is 19.4. The van der Waals surface area contributed by atoms with Crippen LogP contribution in [0.1, 0.15) is 33.1 Å². The van der Waals surface area contributed by atoms with Gasteiger partial charge in [-0.15, -0.1) is 0 Å². The molecule has 0 aromatic carbocycles. The Labute approximate surface area is 106 Å². The molecule has 0 saturated carbocycles. The summed E-state index contributed by atoms with van der Waals surface area (Å²) in [5.74, 6) is -0.719. The maximum absolute atomic E-state index is 12.6. The number of hydrogen-bond acceptors (Lipinski definition) is 2. The van der Waals surface area contributed by atoms with Gasteiger partial charge >= 0.3 is 6.18 Å². The fourth-order valence-electron chi connectivity index (χ4n) is 2.16. The molecule has 1 atom stereocenters. The average Bonchev–Trinajstić information content (AvgIpc) is 2.34. The second-order valence-electron chi connectivity index (χ2n) is 4.87. The van der Waals surface area contributed by atoms with Gasteiger partial charge in [0.1, 0.15) is 6.54 Å². The number of piperidine rings is 1. The quantitative estimate of drug-likeness (QED) is 0.846. The number of nitrogens with one attached hydrogen (secondary N) is 1. The Morgan fingerprint density at radius 3 is 2.39 bits per heavy atom. The van der Waals surface area contributed by atoms with Gasteiger partial charge in [-0.25, -0.2) is 0 Å². The first-order chi connectivity index (χ1) is 8.35. The Morgan fingerprint density at radius 1 is 1.39 bits per heavy atom. The maximum Gasteiger partial charge on any atom is 0.406 e.